The van der Waals surface area contributed by atoms with E-state index in [4.69, 9.17) is 9.47 Å². The van der Waals surface area contributed by atoms with E-state index >= 15 is 8.78 Å². The summed E-state index contributed by atoms with van der Waals surface area (Å²) >= 11 is 0. The number of pyridine rings is 1. The second-order valence-electron chi connectivity index (χ2n) is 13.9. The van der Waals surface area contributed by atoms with Crippen molar-refractivity contribution in [3.63, 3.8) is 0 Å². The molecule has 0 aromatic carbocycles. The predicted octanol–water partition coefficient (Wildman–Crippen LogP) is 6.42. The van der Waals surface area contributed by atoms with Crippen LogP contribution in [0.5, 0.6) is 0 Å². The maximum Gasteiger partial charge on any atom is 0.408 e. The minimum absolute atomic E-state index is 0.0735. The highest BCUT2D eigenvalue weighted by Crippen LogP contribution is 2.51. The Kier molecular flexibility index (Phi) is 9.46. The molecule has 2 N–H and O–H groups in total. The second-order valence-corrected chi connectivity index (χ2v) is 19.5. The first-order valence-corrected chi connectivity index (χ1v) is 18.5. The fourth-order valence-electron chi connectivity index (χ4n) is 5.35. The van der Waals surface area contributed by atoms with Crippen molar-refractivity contribution in [2.24, 2.45) is 17.8 Å². The summed E-state index contributed by atoms with van der Waals surface area (Å²) < 4.78 is 43.7. The van der Waals surface area contributed by atoms with Gasteiger partial charge in [-0.15, -0.1) is 0 Å². The summed E-state index contributed by atoms with van der Waals surface area (Å²) in [6.45, 7) is 16.2. The van der Waals surface area contributed by atoms with Crippen LogP contribution in [-0.2, 0) is 21.0 Å². The standard InChI is InChI=1S/C30H45F2N5O4Si/c1-17-23(18(2)37(36-17)16-40-13-14-42(6,7)8)25-21(31)15-22(33-27(25)32)34-28(38)26(35-29(39)41-30(3,4)5)24(19-9-10-19)20-11-12-20/h15,19-20,24,26H,9-14,16H2,1-8H3,(H,35,39)(H,33,34,38)/t26-/m0/s1. The molecule has 0 saturated heterocycles. The molecule has 2 aromatic rings. The summed E-state index contributed by atoms with van der Waals surface area (Å²) in [5, 5.41) is 9.73. The first-order chi connectivity index (χ1) is 19.5. The average molecular weight is 606 g/mol. The summed E-state index contributed by atoms with van der Waals surface area (Å²) in [7, 11) is -1.26. The van der Waals surface area contributed by atoms with Crippen molar-refractivity contribution in [2.45, 2.75) is 104 Å². The second kappa shape index (κ2) is 12.4. The van der Waals surface area contributed by atoms with Gasteiger partial charge < -0.3 is 20.1 Å². The highest BCUT2D eigenvalue weighted by Gasteiger charge is 2.48. The van der Waals surface area contributed by atoms with Crippen LogP contribution in [0.15, 0.2) is 6.07 Å². The summed E-state index contributed by atoms with van der Waals surface area (Å²) in [5.41, 5.74) is 0.240. The molecule has 2 fully saturated rings. The normalized spacial score (nSPS) is 16.5. The van der Waals surface area contributed by atoms with E-state index in [0.29, 0.717) is 35.4 Å². The zero-order valence-electron chi connectivity index (χ0n) is 26.1. The van der Waals surface area contributed by atoms with Gasteiger partial charge in [-0.25, -0.2) is 18.9 Å². The third-order valence-electron chi connectivity index (χ3n) is 7.69. The first kappa shape index (κ1) is 32.1. The molecule has 2 aliphatic rings. The van der Waals surface area contributed by atoms with Crippen LogP contribution in [-0.4, -0.2) is 53.1 Å². The van der Waals surface area contributed by atoms with E-state index in [1.54, 1.807) is 39.3 Å². The summed E-state index contributed by atoms with van der Waals surface area (Å²) in [6, 6.07) is 1.09. The number of aromatic nitrogens is 3. The van der Waals surface area contributed by atoms with Crippen LogP contribution in [0.1, 0.15) is 57.8 Å². The topological polar surface area (TPSA) is 107 Å². The number of halogens is 2. The molecular weight excluding hydrogens is 560 g/mol. The van der Waals surface area contributed by atoms with Crippen molar-refractivity contribution in [2.75, 3.05) is 11.9 Å². The Labute approximate surface area is 248 Å². The lowest BCUT2D eigenvalue weighted by atomic mass is 9.89. The van der Waals surface area contributed by atoms with Crippen LogP contribution in [0, 0.1) is 43.4 Å². The van der Waals surface area contributed by atoms with Crippen molar-refractivity contribution in [1.82, 2.24) is 20.1 Å². The molecule has 0 spiro atoms. The van der Waals surface area contributed by atoms with Crippen molar-refractivity contribution in [3.8, 4) is 11.1 Å². The lowest BCUT2D eigenvalue weighted by Crippen LogP contribution is -2.51. The largest absolute Gasteiger partial charge is 0.444 e. The predicted molar refractivity (Wildman–Crippen MR) is 160 cm³/mol. The molecule has 2 aliphatic carbocycles. The smallest absolute Gasteiger partial charge is 0.408 e. The summed E-state index contributed by atoms with van der Waals surface area (Å²) in [6.07, 6.45) is 3.21. The fourth-order valence-corrected chi connectivity index (χ4v) is 6.11. The van der Waals surface area contributed by atoms with Gasteiger partial charge in [0.15, 0.2) is 0 Å². The third kappa shape index (κ3) is 8.37. The number of hydrogen-bond acceptors (Lipinski definition) is 6. The maximum absolute atomic E-state index is 15.5. The minimum Gasteiger partial charge on any atom is -0.444 e. The van der Waals surface area contributed by atoms with Gasteiger partial charge in [0.25, 0.3) is 0 Å². The van der Waals surface area contributed by atoms with Gasteiger partial charge in [-0.05, 0) is 84.1 Å². The zero-order chi connectivity index (χ0) is 31.0. The molecule has 0 radical (unpaired) electrons. The van der Waals surface area contributed by atoms with Gasteiger partial charge in [-0.1, -0.05) is 19.6 Å². The van der Waals surface area contributed by atoms with Crippen LogP contribution in [0.2, 0.25) is 25.7 Å². The molecule has 12 heteroatoms. The maximum atomic E-state index is 15.5. The number of anilines is 1. The number of nitrogens with zero attached hydrogens (tertiary/aromatic N) is 3. The minimum atomic E-state index is -1.26. The lowest BCUT2D eigenvalue weighted by molar-refractivity contribution is -0.120. The number of ether oxygens (including phenoxy) is 2. The summed E-state index contributed by atoms with van der Waals surface area (Å²) in [5.74, 6) is -2.22. The highest BCUT2D eigenvalue weighted by molar-refractivity contribution is 6.76. The lowest BCUT2D eigenvalue weighted by Gasteiger charge is -2.29. The van der Waals surface area contributed by atoms with Gasteiger partial charge in [0.2, 0.25) is 11.9 Å². The van der Waals surface area contributed by atoms with E-state index in [1.165, 1.54) is 0 Å². The van der Waals surface area contributed by atoms with Crippen molar-refractivity contribution in [1.29, 1.82) is 0 Å². The Morgan fingerprint density at radius 3 is 2.24 bits per heavy atom. The van der Waals surface area contributed by atoms with E-state index in [-0.39, 0.29) is 24.0 Å². The number of carbonyl (C=O) groups excluding carboxylic acids is 2. The molecule has 2 heterocycles. The number of amides is 2. The van der Waals surface area contributed by atoms with Gasteiger partial charge >= 0.3 is 6.09 Å². The number of hydrogen-bond donors (Lipinski definition) is 2. The highest BCUT2D eigenvalue weighted by atomic mass is 28.3. The van der Waals surface area contributed by atoms with E-state index < -0.39 is 43.5 Å². The molecular formula is C30H45F2N5O4Si. The number of nitrogens with one attached hydrogen (secondary N) is 2. The van der Waals surface area contributed by atoms with Crippen molar-refractivity contribution >= 4 is 25.9 Å². The van der Waals surface area contributed by atoms with E-state index in [1.807, 2.05) is 0 Å². The quantitative estimate of drug-likeness (QED) is 0.164. The molecule has 42 heavy (non-hydrogen) atoms. The molecule has 1 atom stereocenters. The van der Waals surface area contributed by atoms with Gasteiger partial charge in [0.05, 0.1) is 11.3 Å². The number of rotatable bonds is 12. The Morgan fingerprint density at radius 2 is 1.71 bits per heavy atom. The summed E-state index contributed by atoms with van der Waals surface area (Å²) in [4.78, 5) is 30.1. The van der Waals surface area contributed by atoms with E-state index in [2.05, 4.69) is 40.4 Å². The number of aryl methyl sites for hydroxylation is 1. The molecule has 2 amide bonds. The van der Waals surface area contributed by atoms with Crippen LogP contribution >= 0.6 is 0 Å². The molecule has 0 bridgehead atoms. The van der Waals surface area contributed by atoms with Gasteiger partial charge in [0, 0.05) is 32.0 Å². The molecule has 0 aliphatic heterocycles. The Bertz CT molecular complexity index is 1280. The van der Waals surface area contributed by atoms with Crippen LogP contribution in [0.4, 0.5) is 19.4 Å². The molecule has 9 nitrogen and oxygen atoms in total. The van der Waals surface area contributed by atoms with E-state index in [0.717, 1.165) is 37.8 Å². The Balaban J connectivity index is 1.52. The zero-order valence-corrected chi connectivity index (χ0v) is 27.1. The monoisotopic (exact) mass is 605 g/mol. The van der Waals surface area contributed by atoms with Crippen LogP contribution in [0.3, 0.4) is 0 Å². The molecule has 232 valence electrons. The molecule has 0 unspecified atom stereocenters. The van der Waals surface area contributed by atoms with Crippen molar-refractivity contribution in [3.05, 3.63) is 29.2 Å². The molecule has 4 rings (SSSR count). The Morgan fingerprint density at radius 1 is 1.10 bits per heavy atom. The van der Waals surface area contributed by atoms with Crippen LogP contribution in [0.25, 0.3) is 11.1 Å². The van der Waals surface area contributed by atoms with Crippen LogP contribution < -0.4 is 10.6 Å². The SMILES string of the molecule is Cc1nn(COCC[Si](C)(C)C)c(C)c1-c1c(F)cc(NC(=O)[C@@H](NC(=O)OC(C)(C)C)C(C2CC2)C2CC2)nc1F. The Hall–Kier alpha value is -2.86. The van der Waals surface area contributed by atoms with Crippen molar-refractivity contribution < 1.29 is 27.8 Å². The fraction of sp³-hybridized carbons (Fsp3) is 0.667. The van der Waals surface area contributed by atoms with Gasteiger partial charge in [0.1, 0.15) is 30.0 Å². The first-order valence-electron chi connectivity index (χ1n) is 14.8. The number of carbonyl (C=O) groups is 2. The van der Waals surface area contributed by atoms with E-state index in [9.17, 15) is 9.59 Å². The number of alkyl carbamates (subject to hydrolysis) is 1. The van der Waals surface area contributed by atoms with Gasteiger partial charge in [-0.2, -0.15) is 9.49 Å². The molecule has 2 saturated carbocycles. The van der Waals surface area contributed by atoms with Gasteiger partial charge in [-0.3, -0.25) is 4.79 Å². The molecule has 2 aromatic heterocycles. The average Bonchev–Trinajstić information content (AvgIpc) is 3.76. The third-order valence-corrected chi connectivity index (χ3v) is 9.40.